The van der Waals surface area contributed by atoms with E-state index in [-0.39, 0.29) is 10.8 Å². The van der Waals surface area contributed by atoms with Crippen molar-refractivity contribution in [3.05, 3.63) is 65.7 Å². The molecule has 0 saturated carbocycles. The van der Waals surface area contributed by atoms with Crippen molar-refractivity contribution >= 4 is 38.1 Å². The highest BCUT2D eigenvalue weighted by atomic mass is 32.2. The number of amides is 1. The lowest BCUT2D eigenvalue weighted by molar-refractivity contribution is -0.122. The van der Waals surface area contributed by atoms with Gasteiger partial charge in [0.15, 0.2) is 11.2 Å². The molecule has 0 spiro atoms. The number of aromatic nitrogens is 1. The molecule has 0 aliphatic heterocycles. The van der Waals surface area contributed by atoms with Crippen molar-refractivity contribution in [3.8, 4) is 5.75 Å². The molecule has 3 rings (SSSR count). The van der Waals surface area contributed by atoms with E-state index in [0.29, 0.717) is 23.0 Å². The number of hydrogen-bond donors (Lipinski definition) is 2. The molecule has 152 valence electrons. The Labute approximate surface area is 173 Å². The molecule has 0 saturated heterocycles. The van der Waals surface area contributed by atoms with Crippen LogP contribution < -0.4 is 14.8 Å². The van der Waals surface area contributed by atoms with Crippen LogP contribution in [0.25, 0.3) is 0 Å². The van der Waals surface area contributed by atoms with Gasteiger partial charge in [0.1, 0.15) is 5.75 Å². The van der Waals surface area contributed by atoms with Crippen molar-refractivity contribution in [2.24, 2.45) is 0 Å². The molecule has 2 N–H and O–H groups in total. The van der Waals surface area contributed by atoms with Gasteiger partial charge in [0.25, 0.3) is 15.9 Å². The monoisotopic (exact) mass is 431 g/mol. The second-order valence-corrected chi connectivity index (χ2v) is 8.81. The van der Waals surface area contributed by atoms with Crippen molar-refractivity contribution in [2.75, 3.05) is 10.0 Å². The molecule has 3 aromatic rings. The van der Waals surface area contributed by atoms with Gasteiger partial charge in [-0.25, -0.2) is 13.4 Å². The number of carbonyl (C=O) groups is 1. The molecular formula is C20H21N3O4S2. The van der Waals surface area contributed by atoms with Crippen LogP contribution in [0.2, 0.25) is 0 Å². The van der Waals surface area contributed by atoms with Crippen molar-refractivity contribution in [2.45, 2.75) is 31.3 Å². The third-order valence-corrected chi connectivity index (χ3v) is 6.28. The third-order valence-electron chi connectivity index (χ3n) is 4.11. The summed E-state index contributed by atoms with van der Waals surface area (Å²) in [5, 5.41) is 4.74. The zero-order valence-corrected chi connectivity index (χ0v) is 17.6. The lowest BCUT2D eigenvalue weighted by Gasteiger charge is -2.18. The van der Waals surface area contributed by atoms with Crippen LogP contribution in [0.3, 0.4) is 0 Å². The highest BCUT2D eigenvalue weighted by molar-refractivity contribution is 7.93. The number of nitrogens with zero attached hydrogens (tertiary/aromatic N) is 1. The van der Waals surface area contributed by atoms with E-state index in [1.807, 2.05) is 38.1 Å². The number of sulfonamides is 1. The molecule has 9 heteroatoms. The van der Waals surface area contributed by atoms with Crippen LogP contribution in [-0.4, -0.2) is 25.4 Å². The standard InChI is InChI=1S/C20H21N3O4S2/c1-3-17(27-18-7-5-4-6-14(18)2)19(24)22-15-8-10-16(11-9-15)29(25,26)23-20-21-12-13-28-20/h4-13,17H,3H2,1-2H3,(H,21,23)(H,22,24)/t17-/m0/s1. The second-order valence-electron chi connectivity index (χ2n) is 6.24. The van der Waals surface area contributed by atoms with Crippen molar-refractivity contribution in [1.29, 1.82) is 0 Å². The summed E-state index contributed by atoms with van der Waals surface area (Å²) < 4.78 is 33.0. The number of aryl methyl sites for hydroxylation is 1. The van der Waals surface area contributed by atoms with Gasteiger partial charge in [0, 0.05) is 17.3 Å². The highest BCUT2D eigenvalue weighted by Crippen LogP contribution is 2.21. The van der Waals surface area contributed by atoms with E-state index in [2.05, 4.69) is 15.0 Å². The Morgan fingerprint density at radius 2 is 1.90 bits per heavy atom. The van der Waals surface area contributed by atoms with Crippen LogP contribution in [0.4, 0.5) is 10.8 Å². The van der Waals surface area contributed by atoms with E-state index in [0.717, 1.165) is 5.56 Å². The molecule has 0 fully saturated rings. The number of para-hydroxylation sites is 1. The highest BCUT2D eigenvalue weighted by Gasteiger charge is 2.20. The number of ether oxygens (including phenoxy) is 1. The molecule has 0 bridgehead atoms. The van der Waals surface area contributed by atoms with Gasteiger partial charge in [-0.05, 0) is 49.2 Å². The fraction of sp³-hybridized carbons (Fsp3) is 0.200. The summed E-state index contributed by atoms with van der Waals surface area (Å²) >= 11 is 1.19. The van der Waals surface area contributed by atoms with Gasteiger partial charge in [-0.2, -0.15) is 0 Å². The number of rotatable bonds is 8. The zero-order chi connectivity index (χ0) is 20.9. The first-order valence-corrected chi connectivity index (χ1v) is 11.3. The van der Waals surface area contributed by atoms with Crippen molar-refractivity contribution in [3.63, 3.8) is 0 Å². The smallest absolute Gasteiger partial charge is 0.265 e. The average molecular weight is 432 g/mol. The van der Waals surface area contributed by atoms with E-state index < -0.39 is 16.1 Å². The normalized spacial score (nSPS) is 12.2. The van der Waals surface area contributed by atoms with Gasteiger partial charge in [0.2, 0.25) is 0 Å². The maximum absolute atomic E-state index is 12.6. The van der Waals surface area contributed by atoms with Gasteiger partial charge in [0.05, 0.1) is 4.90 Å². The van der Waals surface area contributed by atoms with Crippen LogP contribution in [0.5, 0.6) is 5.75 Å². The van der Waals surface area contributed by atoms with Gasteiger partial charge in [-0.1, -0.05) is 25.1 Å². The minimum atomic E-state index is -3.73. The predicted molar refractivity (Wildman–Crippen MR) is 114 cm³/mol. The van der Waals surface area contributed by atoms with Crippen molar-refractivity contribution in [1.82, 2.24) is 4.98 Å². The minimum Gasteiger partial charge on any atom is -0.480 e. The molecule has 1 heterocycles. The fourth-order valence-electron chi connectivity index (χ4n) is 2.55. The lowest BCUT2D eigenvalue weighted by Crippen LogP contribution is -2.32. The Hall–Kier alpha value is -2.91. The molecule has 1 aromatic heterocycles. The Balaban J connectivity index is 1.66. The Kier molecular flexibility index (Phi) is 6.50. The van der Waals surface area contributed by atoms with Crippen LogP contribution >= 0.6 is 11.3 Å². The number of benzene rings is 2. The number of nitrogens with one attached hydrogen (secondary N) is 2. The number of carbonyl (C=O) groups excluding carboxylic acids is 1. The van der Waals surface area contributed by atoms with E-state index >= 15 is 0 Å². The summed E-state index contributed by atoms with van der Waals surface area (Å²) in [4.78, 5) is 16.6. The average Bonchev–Trinajstić information content (AvgIpc) is 3.20. The number of thiazole rings is 1. The van der Waals surface area contributed by atoms with Crippen molar-refractivity contribution < 1.29 is 17.9 Å². The number of anilines is 2. The summed E-state index contributed by atoms with van der Waals surface area (Å²) in [6, 6.07) is 13.4. The topological polar surface area (TPSA) is 97.4 Å². The fourth-order valence-corrected chi connectivity index (χ4v) is 4.34. The Morgan fingerprint density at radius 3 is 2.52 bits per heavy atom. The van der Waals surface area contributed by atoms with E-state index in [1.165, 1.54) is 41.8 Å². The SMILES string of the molecule is CC[C@H](Oc1ccccc1C)C(=O)Nc1ccc(S(=O)(=O)Nc2nccs2)cc1. The summed E-state index contributed by atoms with van der Waals surface area (Å²) in [6.07, 6.45) is 1.35. The maximum Gasteiger partial charge on any atom is 0.265 e. The summed E-state index contributed by atoms with van der Waals surface area (Å²) in [6.45, 7) is 3.78. The maximum atomic E-state index is 12.6. The first-order chi connectivity index (χ1) is 13.9. The molecule has 1 amide bonds. The van der Waals surface area contributed by atoms with Gasteiger partial charge >= 0.3 is 0 Å². The molecular weight excluding hydrogens is 410 g/mol. The molecule has 29 heavy (non-hydrogen) atoms. The number of hydrogen-bond acceptors (Lipinski definition) is 6. The Bertz CT molecular complexity index is 1070. The lowest BCUT2D eigenvalue weighted by atomic mass is 10.2. The van der Waals surface area contributed by atoms with Crippen LogP contribution in [0, 0.1) is 6.92 Å². The molecule has 7 nitrogen and oxygen atoms in total. The minimum absolute atomic E-state index is 0.0777. The third kappa shape index (κ3) is 5.33. The van der Waals surface area contributed by atoms with Crippen LogP contribution in [-0.2, 0) is 14.8 Å². The Morgan fingerprint density at radius 1 is 1.17 bits per heavy atom. The van der Waals surface area contributed by atoms with Crippen LogP contribution in [0.1, 0.15) is 18.9 Å². The quantitative estimate of drug-likeness (QED) is 0.561. The van der Waals surface area contributed by atoms with E-state index in [4.69, 9.17) is 4.74 Å². The van der Waals surface area contributed by atoms with Crippen LogP contribution in [0.15, 0.2) is 65.0 Å². The summed E-state index contributed by atoms with van der Waals surface area (Å²) in [5.41, 5.74) is 1.43. The van der Waals surface area contributed by atoms with Gasteiger partial charge < -0.3 is 10.1 Å². The molecule has 1 atom stereocenters. The summed E-state index contributed by atoms with van der Waals surface area (Å²) in [7, 11) is -3.73. The molecule has 0 radical (unpaired) electrons. The molecule has 0 aliphatic rings. The molecule has 2 aromatic carbocycles. The second kappa shape index (κ2) is 9.06. The first kappa shape index (κ1) is 20.8. The van der Waals surface area contributed by atoms with E-state index in [9.17, 15) is 13.2 Å². The van der Waals surface area contributed by atoms with Gasteiger partial charge in [-0.3, -0.25) is 9.52 Å². The largest absolute Gasteiger partial charge is 0.480 e. The molecule has 0 aliphatic carbocycles. The zero-order valence-electron chi connectivity index (χ0n) is 16.0. The summed E-state index contributed by atoms with van der Waals surface area (Å²) in [5.74, 6) is 0.358. The first-order valence-electron chi connectivity index (χ1n) is 8.94. The molecule has 0 unspecified atom stereocenters. The van der Waals surface area contributed by atoms with E-state index in [1.54, 1.807) is 5.38 Å². The van der Waals surface area contributed by atoms with Gasteiger partial charge in [-0.15, -0.1) is 11.3 Å². The predicted octanol–water partition coefficient (Wildman–Crippen LogP) is 4.05.